The number of ether oxygens (including phenoxy) is 1. The third-order valence-electron chi connectivity index (χ3n) is 6.16. The lowest BCUT2D eigenvalue weighted by molar-refractivity contribution is -0.138. The first kappa shape index (κ1) is 24.3. The summed E-state index contributed by atoms with van der Waals surface area (Å²) in [6, 6.07) is 14.4. The Morgan fingerprint density at radius 1 is 1.06 bits per heavy atom. The Labute approximate surface area is 193 Å². The number of aliphatic hydroxyl groups is 1. The highest BCUT2D eigenvalue weighted by molar-refractivity contribution is 5.86. The van der Waals surface area contributed by atoms with Crippen LogP contribution in [0.1, 0.15) is 43.2 Å². The molecule has 0 aromatic heterocycles. The van der Waals surface area contributed by atoms with Crippen LogP contribution in [-0.2, 0) is 14.3 Å². The zero-order chi connectivity index (χ0) is 24.0. The van der Waals surface area contributed by atoms with E-state index in [4.69, 9.17) is 9.84 Å². The van der Waals surface area contributed by atoms with Crippen molar-refractivity contribution >= 4 is 18.0 Å². The van der Waals surface area contributed by atoms with Gasteiger partial charge in [0.2, 0.25) is 5.91 Å². The summed E-state index contributed by atoms with van der Waals surface area (Å²) in [6.45, 7) is 1.69. The number of hydrogen-bond donors (Lipinski definition) is 3. The van der Waals surface area contributed by atoms with Gasteiger partial charge in [0.05, 0.1) is 12.6 Å². The standard InChI is InChI=1S/C25H30N2O6/c1-3-16(14-28)27(2)24(31)22(12-13-23(29)30)26-25(32)33-15-21-19-10-6-4-8-17(19)18-9-5-7-11-20(18)21/h4-11,16,21-22,28H,3,12-15H2,1-2H3,(H,26,32)(H,29,30). The summed E-state index contributed by atoms with van der Waals surface area (Å²) in [4.78, 5) is 37.9. The highest BCUT2D eigenvalue weighted by Crippen LogP contribution is 2.44. The highest BCUT2D eigenvalue weighted by atomic mass is 16.5. The van der Waals surface area contributed by atoms with Crippen molar-refractivity contribution < 1.29 is 29.3 Å². The number of carbonyl (C=O) groups excluding carboxylic acids is 2. The molecule has 0 spiro atoms. The lowest BCUT2D eigenvalue weighted by Gasteiger charge is -2.29. The van der Waals surface area contributed by atoms with Gasteiger partial charge in [0.25, 0.3) is 0 Å². The Balaban J connectivity index is 1.69. The first-order chi connectivity index (χ1) is 15.9. The number of carboxylic acid groups (broad SMARTS) is 1. The predicted molar refractivity (Wildman–Crippen MR) is 123 cm³/mol. The third-order valence-corrected chi connectivity index (χ3v) is 6.16. The van der Waals surface area contributed by atoms with E-state index in [1.807, 2.05) is 55.5 Å². The second-order valence-corrected chi connectivity index (χ2v) is 8.15. The van der Waals surface area contributed by atoms with Crippen molar-refractivity contribution in [1.29, 1.82) is 0 Å². The van der Waals surface area contributed by atoms with Gasteiger partial charge in [0.1, 0.15) is 12.6 Å². The molecule has 1 aliphatic carbocycles. The summed E-state index contributed by atoms with van der Waals surface area (Å²) in [6.07, 6.45) is -0.630. The predicted octanol–water partition coefficient (Wildman–Crippen LogP) is 2.99. The van der Waals surface area contributed by atoms with Crippen LogP contribution in [0.25, 0.3) is 11.1 Å². The molecule has 0 saturated heterocycles. The molecule has 2 aromatic carbocycles. The summed E-state index contributed by atoms with van der Waals surface area (Å²) in [5.74, 6) is -1.66. The van der Waals surface area contributed by atoms with E-state index < -0.39 is 30.1 Å². The Morgan fingerprint density at radius 2 is 1.64 bits per heavy atom. The Kier molecular flexibility index (Phi) is 8.06. The van der Waals surface area contributed by atoms with Crippen LogP contribution in [0.2, 0.25) is 0 Å². The molecule has 3 rings (SSSR count). The zero-order valence-electron chi connectivity index (χ0n) is 18.9. The molecule has 0 saturated carbocycles. The fourth-order valence-electron chi connectivity index (χ4n) is 4.26. The fourth-order valence-corrected chi connectivity index (χ4v) is 4.26. The summed E-state index contributed by atoms with van der Waals surface area (Å²) < 4.78 is 5.50. The molecule has 1 aliphatic rings. The van der Waals surface area contributed by atoms with E-state index in [2.05, 4.69) is 5.32 Å². The number of benzene rings is 2. The average molecular weight is 455 g/mol. The molecule has 176 valence electrons. The van der Waals surface area contributed by atoms with Crippen LogP contribution in [0.5, 0.6) is 0 Å². The first-order valence-electron chi connectivity index (χ1n) is 11.1. The van der Waals surface area contributed by atoms with Crippen molar-refractivity contribution in [2.24, 2.45) is 0 Å². The second kappa shape index (κ2) is 11.0. The molecule has 8 nitrogen and oxygen atoms in total. The van der Waals surface area contributed by atoms with Crippen molar-refractivity contribution in [3.8, 4) is 11.1 Å². The topological polar surface area (TPSA) is 116 Å². The van der Waals surface area contributed by atoms with E-state index in [1.165, 1.54) is 11.9 Å². The molecule has 0 heterocycles. The van der Waals surface area contributed by atoms with E-state index in [-0.39, 0.29) is 32.0 Å². The van der Waals surface area contributed by atoms with Crippen molar-refractivity contribution in [3.63, 3.8) is 0 Å². The monoisotopic (exact) mass is 454 g/mol. The van der Waals surface area contributed by atoms with E-state index in [0.717, 1.165) is 22.3 Å². The molecule has 2 amide bonds. The molecular formula is C25H30N2O6. The van der Waals surface area contributed by atoms with Crippen LogP contribution in [0.3, 0.4) is 0 Å². The van der Waals surface area contributed by atoms with Crippen molar-refractivity contribution in [2.75, 3.05) is 20.3 Å². The second-order valence-electron chi connectivity index (χ2n) is 8.15. The minimum Gasteiger partial charge on any atom is -0.481 e. The number of alkyl carbamates (subject to hydrolysis) is 1. The minimum absolute atomic E-state index is 0.0788. The molecule has 2 atom stereocenters. The lowest BCUT2D eigenvalue weighted by atomic mass is 9.98. The van der Waals surface area contributed by atoms with Crippen LogP contribution in [0.4, 0.5) is 4.79 Å². The summed E-state index contributed by atoms with van der Waals surface area (Å²) >= 11 is 0. The Bertz CT molecular complexity index is 958. The smallest absolute Gasteiger partial charge is 0.407 e. The van der Waals surface area contributed by atoms with Gasteiger partial charge in [-0.15, -0.1) is 0 Å². The number of rotatable bonds is 10. The SMILES string of the molecule is CCC(CO)N(C)C(=O)C(CCC(=O)O)NC(=O)OCC1c2ccccc2-c2ccccc21. The normalized spacial score (nSPS) is 14.0. The molecule has 2 unspecified atom stereocenters. The van der Waals surface area contributed by atoms with Gasteiger partial charge >= 0.3 is 12.1 Å². The number of hydrogen-bond acceptors (Lipinski definition) is 5. The fraction of sp³-hybridized carbons (Fsp3) is 0.400. The van der Waals surface area contributed by atoms with E-state index in [1.54, 1.807) is 0 Å². The molecule has 0 radical (unpaired) electrons. The number of carbonyl (C=O) groups is 3. The molecule has 33 heavy (non-hydrogen) atoms. The summed E-state index contributed by atoms with van der Waals surface area (Å²) in [5, 5.41) is 21.1. The maximum absolute atomic E-state index is 12.9. The molecule has 3 N–H and O–H groups in total. The third kappa shape index (κ3) is 5.51. The average Bonchev–Trinajstić information content (AvgIpc) is 3.14. The number of aliphatic hydroxyl groups excluding tert-OH is 1. The van der Waals surface area contributed by atoms with Gasteiger partial charge in [0, 0.05) is 19.4 Å². The number of aliphatic carboxylic acids is 1. The van der Waals surface area contributed by atoms with Gasteiger partial charge in [-0.05, 0) is 35.1 Å². The first-order valence-corrected chi connectivity index (χ1v) is 11.1. The van der Waals surface area contributed by atoms with Gasteiger partial charge in [-0.3, -0.25) is 9.59 Å². The Hall–Kier alpha value is -3.39. The van der Waals surface area contributed by atoms with Crippen LogP contribution in [-0.4, -0.2) is 65.4 Å². The van der Waals surface area contributed by atoms with Crippen molar-refractivity contribution in [2.45, 2.75) is 44.2 Å². The maximum atomic E-state index is 12.9. The number of fused-ring (bicyclic) bond motifs is 3. The minimum atomic E-state index is -1.07. The van der Waals surface area contributed by atoms with Crippen LogP contribution in [0, 0.1) is 0 Å². The Morgan fingerprint density at radius 3 is 2.15 bits per heavy atom. The molecular weight excluding hydrogens is 424 g/mol. The van der Waals surface area contributed by atoms with Gasteiger partial charge < -0.3 is 25.2 Å². The van der Waals surface area contributed by atoms with E-state index >= 15 is 0 Å². The van der Waals surface area contributed by atoms with Crippen LogP contribution < -0.4 is 5.32 Å². The lowest BCUT2D eigenvalue weighted by Crippen LogP contribution is -2.51. The van der Waals surface area contributed by atoms with E-state index in [9.17, 15) is 19.5 Å². The van der Waals surface area contributed by atoms with Crippen LogP contribution >= 0.6 is 0 Å². The van der Waals surface area contributed by atoms with Gasteiger partial charge in [-0.1, -0.05) is 55.5 Å². The molecule has 8 heteroatoms. The number of carboxylic acids is 1. The molecule has 2 aromatic rings. The van der Waals surface area contributed by atoms with Gasteiger partial charge in [-0.2, -0.15) is 0 Å². The van der Waals surface area contributed by atoms with Gasteiger partial charge in [-0.25, -0.2) is 4.79 Å². The zero-order valence-corrected chi connectivity index (χ0v) is 18.9. The number of likely N-dealkylation sites (N-methyl/N-ethyl adjacent to an activating group) is 1. The molecule has 0 aliphatic heterocycles. The number of nitrogens with one attached hydrogen (secondary N) is 1. The maximum Gasteiger partial charge on any atom is 0.407 e. The number of nitrogens with zero attached hydrogens (tertiary/aromatic N) is 1. The van der Waals surface area contributed by atoms with E-state index in [0.29, 0.717) is 6.42 Å². The molecule has 0 bridgehead atoms. The summed E-state index contributed by atoms with van der Waals surface area (Å²) in [7, 11) is 1.53. The van der Waals surface area contributed by atoms with Crippen molar-refractivity contribution in [3.05, 3.63) is 59.7 Å². The highest BCUT2D eigenvalue weighted by Gasteiger charge is 2.31. The number of amides is 2. The largest absolute Gasteiger partial charge is 0.481 e. The van der Waals surface area contributed by atoms with Gasteiger partial charge in [0.15, 0.2) is 0 Å². The molecule has 0 fully saturated rings. The quantitative estimate of drug-likeness (QED) is 0.508. The summed E-state index contributed by atoms with van der Waals surface area (Å²) in [5.41, 5.74) is 4.35. The van der Waals surface area contributed by atoms with Crippen molar-refractivity contribution in [1.82, 2.24) is 10.2 Å². The van der Waals surface area contributed by atoms with Crippen LogP contribution in [0.15, 0.2) is 48.5 Å².